The minimum Gasteiger partial charge on any atom is -0.373 e. The summed E-state index contributed by atoms with van der Waals surface area (Å²) in [5, 5.41) is 10.3. The van der Waals surface area contributed by atoms with Crippen molar-refractivity contribution in [3.05, 3.63) is 28.9 Å². The largest absolute Gasteiger partial charge is 0.373 e. The molecule has 0 bridgehead atoms. The Labute approximate surface area is 125 Å². The van der Waals surface area contributed by atoms with Crippen molar-refractivity contribution >= 4 is 11.6 Å². The summed E-state index contributed by atoms with van der Waals surface area (Å²) in [6, 6.07) is 1.91. The van der Waals surface area contributed by atoms with Gasteiger partial charge in [0, 0.05) is 24.1 Å². The van der Waals surface area contributed by atoms with E-state index < -0.39 is 0 Å². The molecule has 0 aliphatic carbocycles. The van der Waals surface area contributed by atoms with Crippen molar-refractivity contribution in [2.45, 2.75) is 46.6 Å². The second kappa shape index (κ2) is 5.71. The molecule has 0 spiro atoms. The minimum atomic E-state index is -0.113. The molecular formula is C15H23N5O. The highest BCUT2D eigenvalue weighted by Crippen LogP contribution is 2.26. The van der Waals surface area contributed by atoms with Gasteiger partial charge in [0.2, 0.25) is 0 Å². The molecule has 6 heteroatoms. The fourth-order valence-corrected chi connectivity index (χ4v) is 1.94. The van der Waals surface area contributed by atoms with Gasteiger partial charge in [-0.1, -0.05) is 25.9 Å². The maximum absolute atomic E-state index is 5.21. The standard InChI is InChI=1S/C15H23N5O/c1-9-7-11(21-20-9)8-17-13-10(2)12(16-6)18-14(19-13)15(3,4)5/h7H,8H2,1-6H3,(H2,16,17,18,19). The molecule has 2 N–H and O–H groups in total. The number of aromatic nitrogens is 3. The molecule has 0 aliphatic rings. The highest BCUT2D eigenvalue weighted by atomic mass is 16.5. The molecule has 0 saturated carbocycles. The molecule has 2 aromatic rings. The van der Waals surface area contributed by atoms with Crippen LogP contribution in [-0.4, -0.2) is 22.2 Å². The van der Waals surface area contributed by atoms with Crippen LogP contribution in [0.3, 0.4) is 0 Å². The van der Waals surface area contributed by atoms with Gasteiger partial charge in [-0.15, -0.1) is 0 Å². The number of hydrogen-bond acceptors (Lipinski definition) is 6. The molecule has 21 heavy (non-hydrogen) atoms. The first-order chi connectivity index (χ1) is 9.81. The third kappa shape index (κ3) is 3.51. The minimum absolute atomic E-state index is 0.113. The molecule has 0 saturated heterocycles. The van der Waals surface area contributed by atoms with E-state index in [1.54, 1.807) is 0 Å². The van der Waals surface area contributed by atoms with Gasteiger partial charge in [-0.05, 0) is 13.8 Å². The predicted octanol–water partition coefficient (Wildman–Crippen LogP) is 3.03. The zero-order valence-corrected chi connectivity index (χ0v) is 13.5. The summed E-state index contributed by atoms with van der Waals surface area (Å²) in [4.78, 5) is 9.23. The fraction of sp³-hybridized carbons (Fsp3) is 0.533. The monoisotopic (exact) mass is 289 g/mol. The van der Waals surface area contributed by atoms with Gasteiger partial charge >= 0.3 is 0 Å². The quantitative estimate of drug-likeness (QED) is 0.901. The lowest BCUT2D eigenvalue weighted by Gasteiger charge is -2.20. The molecule has 114 valence electrons. The van der Waals surface area contributed by atoms with Gasteiger partial charge in [-0.2, -0.15) is 0 Å². The summed E-state index contributed by atoms with van der Waals surface area (Å²) in [6.45, 7) is 10.7. The maximum atomic E-state index is 5.21. The van der Waals surface area contributed by atoms with Crippen molar-refractivity contribution in [2.75, 3.05) is 17.7 Å². The number of aryl methyl sites for hydroxylation is 1. The molecule has 0 fully saturated rings. The van der Waals surface area contributed by atoms with Crippen molar-refractivity contribution in [1.29, 1.82) is 0 Å². The van der Waals surface area contributed by atoms with Crippen molar-refractivity contribution in [3.8, 4) is 0 Å². The number of rotatable bonds is 4. The highest BCUT2D eigenvalue weighted by Gasteiger charge is 2.21. The van der Waals surface area contributed by atoms with Crippen LogP contribution in [-0.2, 0) is 12.0 Å². The first-order valence-corrected chi connectivity index (χ1v) is 7.04. The van der Waals surface area contributed by atoms with E-state index in [0.29, 0.717) is 6.54 Å². The second-order valence-electron chi connectivity index (χ2n) is 6.16. The number of nitrogens with zero attached hydrogens (tertiary/aromatic N) is 3. The maximum Gasteiger partial charge on any atom is 0.156 e. The van der Waals surface area contributed by atoms with Crippen LogP contribution in [0, 0.1) is 13.8 Å². The third-order valence-electron chi connectivity index (χ3n) is 3.16. The SMILES string of the molecule is CNc1nc(C(C)(C)C)nc(NCc2cc(C)no2)c1C. The number of anilines is 2. The summed E-state index contributed by atoms with van der Waals surface area (Å²) in [7, 11) is 1.87. The number of nitrogens with one attached hydrogen (secondary N) is 2. The van der Waals surface area contributed by atoms with Gasteiger partial charge in [0.05, 0.1) is 12.2 Å². The van der Waals surface area contributed by atoms with E-state index in [1.165, 1.54) is 0 Å². The molecule has 0 aliphatic heterocycles. The Hall–Kier alpha value is -2.11. The molecule has 0 amide bonds. The smallest absolute Gasteiger partial charge is 0.156 e. The molecule has 6 nitrogen and oxygen atoms in total. The Bertz CT molecular complexity index is 627. The molecule has 0 unspecified atom stereocenters. The Morgan fingerprint density at radius 1 is 1.14 bits per heavy atom. The lowest BCUT2D eigenvalue weighted by Crippen LogP contribution is -2.19. The van der Waals surface area contributed by atoms with Crippen molar-refractivity contribution in [2.24, 2.45) is 0 Å². The normalized spacial score (nSPS) is 11.5. The fourth-order valence-electron chi connectivity index (χ4n) is 1.94. The molecule has 0 radical (unpaired) electrons. The van der Waals surface area contributed by atoms with Crippen LogP contribution in [0.25, 0.3) is 0 Å². The lowest BCUT2D eigenvalue weighted by molar-refractivity contribution is 0.384. The topological polar surface area (TPSA) is 75.9 Å². The van der Waals surface area contributed by atoms with Crippen molar-refractivity contribution in [3.63, 3.8) is 0 Å². The van der Waals surface area contributed by atoms with Crippen LogP contribution < -0.4 is 10.6 Å². The summed E-state index contributed by atoms with van der Waals surface area (Å²) in [6.07, 6.45) is 0. The molecule has 2 heterocycles. The first-order valence-electron chi connectivity index (χ1n) is 7.04. The van der Waals surface area contributed by atoms with E-state index in [4.69, 9.17) is 4.52 Å². The van der Waals surface area contributed by atoms with Gasteiger partial charge in [0.1, 0.15) is 17.5 Å². The molecule has 0 aromatic carbocycles. The van der Waals surface area contributed by atoms with Crippen molar-refractivity contribution < 1.29 is 4.52 Å². The Kier molecular flexibility index (Phi) is 4.16. The van der Waals surface area contributed by atoms with Gasteiger partial charge in [-0.25, -0.2) is 9.97 Å². The van der Waals surface area contributed by atoms with Crippen LogP contribution in [0.1, 0.15) is 43.6 Å². The average molecular weight is 289 g/mol. The average Bonchev–Trinajstić information content (AvgIpc) is 2.82. The zero-order chi connectivity index (χ0) is 15.6. The van der Waals surface area contributed by atoms with E-state index in [2.05, 4.69) is 46.5 Å². The van der Waals surface area contributed by atoms with E-state index in [9.17, 15) is 0 Å². The zero-order valence-electron chi connectivity index (χ0n) is 13.5. The summed E-state index contributed by atoms with van der Waals surface area (Å²) < 4.78 is 5.21. The Balaban J connectivity index is 2.28. The van der Waals surface area contributed by atoms with E-state index in [0.717, 1.165) is 34.5 Å². The first kappa shape index (κ1) is 15.3. The van der Waals surface area contributed by atoms with Gasteiger partial charge in [-0.3, -0.25) is 0 Å². The van der Waals surface area contributed by atoms with Gasteiger partial charge < -0.3 is 15.2 Å². The van der Waals surface area contributed by atoms with Crippen molar-refractivity contribution in [1.82, 2.24) is 15.1 Å². The molecule has 2 aromatic heterocycles. The molecular weight excluding hydrogens is 266 g/mol. The Morgan fingerprint density at radius 2 is 1.81 bits per heavy atom. The van der Waals surface area contributed by atoms with E-state index >= 15 is 0 Å². The lowest BCUT2D eigenvalue weighted by atomic mass is 9.95. The van der Waals surface area contributed by atoms with Crippen LogP contribution in [0.5, 0.6) is 0 Å². The van der Waals surface area contributed by atoms with Gasteiger partial charge in [0.25, 0.3) is 0 Å². The predicted molar refractivity (Wildman–Crippen MR) is 83.6 cm³/mol. The number of hydrogen-bond donors (Lipinski definition) is 2. The van der Waals surface area contributed by atoms with Crippen LogP contribution in [0.15, 0.2) is 10.6 Å². The van der Waals surface area contributed by atoms with E-state index in [1.807, 2.05) is 27.0 Å². The summed E-state index contributed by atoms with van der Waals surface area (Å²) >= 11 is 0. The summed E-state index contributed by atoms with van der Waals surface area (Å²) in [5.74, 6) is 3.24. The van der Waals surface area contributed by atoms with Crippen LogP contribution >= 0.6 is 0 Å². The van der Waals surface area contributed by atoms with Crippen LogP contribution in [0.4, 0.5) is 11.6 Å². The van der Waals surface area contributed by atoms with Gasteiger partial charge in [0.15, 0.2) is 5.76 Å². The van der Waals surface area contributed by atoms with E-state index in [-0.39, 0.29) is 5.41 Å². The molecule has 0 atom stereocenters. The molecule has 2 rings (SSSR count). The second-order valence-corrected chi connectivity index (χ2v) is 6.16. The Morgan fingerprint density at radius 3 is 2.33 bits per heavy atom. The van der Waals surface area contributed by atoms with Crippen LogP contribution in [0.2, 0.25) is 0 Å². The third-order valence-corrected chi connectivity index (χ3v) is 3.16. The summed E-state index contributed by atoms with van der Waals surface area (Å²) in [5.41, 5.74) is 1.75. The highest BCUT2D eigenvalue weighted by molar-refractivity contribution is 5.57.